The van der Waals surface area contributed by atoms with Gasteiger partial charge in [-0.1, -0.05) is 23.7 Å². The zero-order chi connectivity index (χ0) is 14.7. The fourth-order valence-electron chi connectivity index (χ4n) is 1.46. The van der Waals surface area contributed by atoms with Crippen LogP contribution in [0, 0.1) is 0 Å². The van der Waals surface area contributed by atoms with Gasteiger partial charge in [0.15, 0.2) is 0 Å². The predicted molar refractivity (Wildman–Crippen MR) is 68.4 cm³/mol. The first-order valence-corrected chi connectivity index (χ1v) is 5.74. The molecule has 1 aromatic carbocycles. The van der Waals surface area contributed by atoms with Gasteiger partial charge in [-0.05, 0) is 22.6 Å². The van der Waals surface area contributed by atoms with Crippen LogP contribution in [-0.2, 0) is 11.3 Å². The average molecular weight is 297 g/mol. The van der Waals surface area contributed by atoms with Crippen LogP contribution < -0.4 is 16.7 Å². The Bertz CT molecular complexity index is 722. The van der Waals surface area contributed by atoms with Crippen molar-refractivity contribution < 1.29 is 9.59 Å². The number of tetrazole rings is 1. The lowest BCUT2D eigenvalue weighted by atomic mass is 10.3. The monoisotopic (exact) mass is 296 g/mol. The Morgan fingerprint density at radius 3 is 2.65 bits per heavy atom. The molecule has 0 radical (unpaired) electrons. The van der Waals surface area contributed by atoms with E-state index in [-0.39, 0.29) is 0 Å². The van der Waals surface area contributed by atoms with Crippen LogP contribution in [0.5, 0.6) is 0 Å². The fourth-order valence-corrected chi connectivity index (χ4v) is 1.68. The third-order valence-corrected chi connectivity index (χ3v) is 2.60. The molecule has 104 valence electrons. The zero-order valence-corrected chi connectivity index (χ0v) is 10.7. The largest absolute Gasteiger partial charge is 0.369 e. The normalized spacial score (nSPS) is 10.2. The molecule has 0 spiro atoms. The van der Waals surface area contributed by atoms with Gasteiger partial charge in [0.05, 0.1) is 10.7 Å². The van der Waals surface area contributed by atoms with Gasteiger partial charge < -0.3 is 5.73 Å². The van der Waals surface area contributed by atoms with E-state index in [0.717, 1.165) is 9.36 Å². The average Bonchev–Trinajstić information content (AvgIpc) is 2.71. The first-order chi connectivity index (χ1) is 9.49. The first-order valence-electron chi connectivity index (χ1n) is 5.36. The van der Waals surface area contributed by atoms with Crippen LogP contribution in [-0.4, -0.2) is 31.7 Å². The minimum atomic E-state index is -1.01. The van der Waals surface area contributed by atoms with Crippen molar-refractivity contribution in [3.05, 3.63) is 39.8 Å². The molecule has 0 fully saturated rings. The second-order valence-electron chi connectivity index (χ2n) is 3.69. The molecule has 0 aliphatic rings. The maximum atomic E-state index is 12.0. The van der Waals surface area contributed by atoms with E-state index in [9.17, 15) is 14.4 Å². The summed E-state index contributed by atoms with van der Waals surface area (Å²) in [6.45, 7) is -0.480. The number of nitrogens with two attached hydrogens (primary N) is 1. The molecule has 3 N–H and O–H groups in total. The molecule has 0 saturated carbocycles. The lowest BCUT2D eigenvalue weighted by Gasteiger charge is -2.00. The summed E-state index contributed by atoms with van der Waals surface area (Å²) in [6, 6.07) is 5.52. The van der Waals surface area contributed by atoms with Crippen LogP contribution in [0.1, 0.15) is 0 Å². The van der Waals surface area contributed by atoms with E-state index in [1.54, 1.807) is 24.3 Å². The molecule has 0 aliphatic carbocycles. The molecule has 2 aromatic rings. The van der Waals surface area contributed by atoms with Crippen molar-refractivity contribution in [2.45, 2.75) is 6.54 Å². The predicted octanol–water partition coefficient (Wildman–Crippen LogP) is -0.723. The van der Waals surface area contributed by atoms with E-state index in [0.29, 0.717) is 10.7 Å². The van der Waals surface area contributed by atoms with Gasteiger partial charge in [-0.25, -0.2) is 9.59 Å². The van der Waals surface area contributed by atoms with Gasteiger partial charge in [0.25, 0.3) is 0 Å². The number of imide groups is 1. The number of aromatic nitrogens is 4. The topological polar surface area (TPSA) is 125 Å². The molecule has 2 rings (SSSR count). The molecule has 1 heterocycles. The van der Waals surface area contributed by atoms with E-state index in [4.69, 9.17) is 17.3 Å². The number of urea groups is 1. The van der Waals surface area contributed by atoms with E-state index >= 15 is 0 Å². The highest BCUT2D eigenvalue weighted by atomic mass is 35.5. The fraction of sp³-hybridized carbons (Fsp3) is 0.100. The number of para-hydroxylation sites is 1. The second kappa shape index (κ2) is 5.53. The number of benzene rings is 1. The number of carbonyl (C=O) groups is 2. The lowest BCUT2D eigenvalue weighted by Crippen LogP contribution is -2.39. The Labute approximate surface area is 116 Å². The number of halogens is 1. The van der Waals surface area contributed by atoms with Gasteiger partial charge in [-0.15, -0.1) is 0 Å². The number of hydrogen-bond donors (Lipinski definition) is 2. The minimum Gasteiger partial charge on any atom is -0.351 e. The summed E-state index contributed by atoms with van der Waals surface area (Å²) in [5.74, 6) is -0.772. The number of amides is 3. The number of nitrogens with zero attached hydrogens (tertiary/aromatic N) is 4. The van der Waals surface area contributed by atoms with Gasteiger partial charge >= 0.3 is 11.7 Å². The highest BCUT2D eigenvalue weighted by molar-refractivity contribution is 6.32. The standard InChI is InChI=1S/C10H9ClN6O3/c11-6-3-1-2-4-7(6)17-10(20)16(14-15-17)5-8(18)13-9(12)19/h1-4H,5H2,(H3,12,13,18,19). The Morgan fingerprint density at radius 1 is 1.30 bits per heavy atom. The van der Waals surface area contributed by atoms with Crippen molar-refractivity contribution in [1.29, 1.82) is 0 Å². The molecule has 0 bridgehead atoms. The maximum absolute atomic E-state index is 12.0. The Balaban J connectivity index is 2.29. The Kier molecular flexibility index (Phi) is 3.80. The van der Waals surface area contributed by atoms with Crippen LogP contribution >= 0.6 is 11.6 Å². The summed E-state index contributed by atoms with van der Waals surface area (Å²) in [4.78, 5) is 33.8. The highest BCUT2D eigenvalue weighted by Crippen LogP contribution is 2.16. The van der Waals surface area contributed by atoms with E-state index in [1.807, 2.05) is 5.32 Å². The molecule has 0 saturated heterocycles. The molecule has 20 heavy (non-hydrogen) atoms. The zero-order valence-electron chi connectivity index (χ0n) is 9.99. The van der Waals surface area contributed by atoms with Crippen molar-refractivity contribution in [2.75, 3.05) is 0 Å². The first kappa shape index (κ1) is 13.7. The van der Waals surface area contributed by atoms with Gasteiger partial charge in [0.2, 0.25) is 5.91 Å². The third-order valence-electron chi connectivity index (χ3n) is 2.28. The maximum Gasteiger partial charge on any atom is 0.369 e. The SMILES string of the molecule is NC(=O)NC(=O)Cn1nnn(-c2ccccc2Cl)c1=O. The molecule has 3 amide bonds. The molecule has 1 aromatic heterocycles. The lowest BCUT2D eigenvalue weighted by molar-refractivity contribution is -0.120. The van der Waals surface area contributed by atoms with Crippen LogP contribution in [0.25, 0.3) is 5.69 Å². The molecule has 9 nitrogen and oxygen atoms in total. The summed E-state index contributed by atoms with van der Waals surface area (Å²) in [5.41, 5.74) is 4.45. The summed E-state index contributed by atoms with van der Waals surface area (Å²) >= 11 is 5.94. The molecular formula is C10H9ClN6O3. The quantitative estimate of drug-likeness (QED) is 0.773. The number of primary amides is 1. The van der Waals surface area contributed by atoms with Crippen molar-refractivity contribution in [3.63, 3.8) is 0 Å². The summed E-state index contributed by atoms with van der Waals surface area (Å²) in [7, 11) is 0. The molecule has 0 unspecified atom stereocenters. The van der Waals surface area contributed by atoms with Crippen molar-refractivity contribution in [3.8, 4) is 5.69 Å². The summed E-state index contributed by atoms with van der Waals surface area (Å²) in [6.07, 6.45) is 0. The number of rotatable bonds is 3. The van der Waals surface area contributed by atoms with E-state index in [2.05, 4.69) is 10.4 Å². The molecule has 0 aliphatic heterocycles. The van der Waals surface area contributed by atoms with Crippen LogP contribution in [0.3, 0.4) is 0 Å². The second-order valence-corrected chi connectivity index (χ2v) is 4.10. The number of hydrogen-bond acceptors (Lipinski definition) is 5. The van der Waals surface area contributed by atoms with E-state index in [1.165, 1.54) is 0 Å². The molecular weight excluding hydrogens is 288 g/mol. The molecule has 0 atom stereocenters. The third kappa shape index (κ3) is 2.83. The van der Waals surface area contributed by atoms with Crippen molar-refractivity contribution in [2.24, 2.45) is 5.73 Å². The number of nitrogens with one attached hydrogen (secondary N) is 1. The van der Waals surface area contributed by atoms with Crippen LogP contribution in [0.4, 0.5) is 4.79 Å². The summed E-state index contributed by atoms with van der Waals surface area (Å²) in [5, 5.41) is 9.27. The number of carbonyl (C=O) groups excluding carboxylic acids is 2. The highest BCUT2D eigenvalue weighted by Gasteiger charge is 2.14. The van der Waals surface area contributed by atoms with Gasteiger partial charge in [0, 0.05) is 0 Å². The van der Waals surface area contributed by atoms with Gasteiger partial charge in [-0.3, -0.25) is 10.1 Å². The van der Waals surface area contributed by atoms with Gasteiger partial charge in [0.1, 0.15) is 6.54 Å². The molecule has 10 heteroatoms. The summed E-state index contributed by atoms with van der Waals surface area (Å²) < 4.78 is 1.72. The smallest absolute Gasteiger partial charge is 0.351 e. The Morgan fingerprint density at radius 2 is 2.00 bits per heavy atom. The van der Waals surface area contributed by atoms with E-state index < -0.39 is 24.2 Å². The van der Waals surface area contributed by atoms with Crippen LogP contribution in [0.15, 0.2) is 29.1 Å². The van der Waals surface area contributed by atoms with Crippen LogP contribution in [0.2, 0.25) is 5.02 Å². The minimum absolute atomic E-state index is 0.309. The van der Waals surface area contributed by atoms with Gasteiger partial charge in [-0.2, -0.15) is 9.36 Å². The Hall–Kier alpha value is -2.68. The van der Waals surface area contributed by atoms with Crippen molar-refractivity contribution in [1.82, 2.24) is 25.1 Å². The van der Waals surface area contributed by atoms with Crippen molar-refractivity contribution >= 4 is 23.5 Å².